The van der Waals surface area contributed by atoms with Crippen molar-refractivity contribution < 1.29 is 0 Å². The van der Waals surface area contributed by atoms with Crippen molar-refractivity contribution in [3.8, 4) is 20.9 Å². The summed E-state index contributed by atoms with van der Waals surface area (Å²) in [6, 6.07) is 16.8. The minimum Gasteiger partial charge on any atom is -0.264 e. The Balaban J connectivity index is 1.97. The summed E-state index contributed by atoms with van der Waals surface area (Å²) in [5, 5.41) is 0. The second kappa shape index (κ2) is 5.04. The van der Waals surface area contributed by atoms with Crippen molar-refractivity contribution in [2.75, 3.05) is 0 Å². The van der Waals surface area contributed by atoms with Crippen molar-refractivity contribution in [2.24, 2.45) is 0 Å². The van der Waals surface area contributed by atoms with Gasteiger partial charge in [-0.3, -0.25) is 4.98 Å². The maximum absolute atomic E-state index is 4.16. The highest BCUT2D eigenvalue weighted by molar-refractivity contribution is 9.10. The van der Waals surface area contributed by atoms with E-state index in [2.05, 4.69) is 63.4 Å². The van der Waals surface area contributed by atoms with Crippen molar-refractivity contribution in [2.45, 2.75) is 0 Å². The highest BCUT2D eigenvalue weighted by atomic mass is 79.9. The quantitative estimate of drug-likeness (QED) is 0.630. The van der Waals surface area contributed by atoms with Gasteiger partial charge in [-0.25, -0.2) is 0 Å². The van der Waals surface area contributed by atoms with Gasteiger partial charge in [-0.15, -0.1) is 11.3 Å². The van der Waals surface area contributed by atoms with E-state index in [1.54, 1.807) is 17.5 Å². The SMILES string of the molecule is Brc1ccc(-c2ccc(-c3cccnc3)s2)cc1. The monoisotopic (exact) mass is 315 g/mol. The Kier molecular flexibility index (Phi) is 3.26. The fourth-order valence-corrected chi connectivity index (χ4v) is 3.04. The first-order valence-corrected chi connectivity index (χ1v) is 7.20. The largest absolute Gasteiger partial charge is 0.264 e. The van der Waals surface area contributed by atoms with E-state index < -0.39 is 0 Å². The Morgan fingerprint density at radius 1 is 0.833 bits per heavy atom. The fourth-order valence-electron chi connectivity index (χ4n) is 1.77. The molecule has 3 aromatic rings. The molecule has 2 heterocycles. The van der Waals surface area contributed by atoms with Gasteiger partial charge in [0.1, 0.15) is 0 Å². The third kappa shape index (κ3) is 2.37. The molecule has 0 amide bonds. The zero-order valence-electron chi connectivity index (χ0n) is 9.51. The average Bonchev–Trinajstić information content (AvgIpc) is 2.90. The molecule has 0 aliphatic heterocycles. The molecule has 88 valence electrons. The number of benzene rings is 1. The van der Waals surface area contributed by atoms with Crippen LogP contribution in [-0.4, -0.2) is 4.98 Å². The van der Waals surface area contributed by atoms with Crippen LogP contribution in [0, 0.1) is 0 Å². The highest BCUT2D eigenvalue weighted by Crippen LogP contribution is 2.34. The Hall–Kier alpha value is -1.45. The van der Waals surface area contributed by atoms with E-state index in [-0.39, 0.29) is 0 Å². The molecule has 1 nitrogen and oxygen atoms in total. The first-order valence-electron chi connectivity index (χ1n) is 5.59. The molecule has 0 saturated heterocycles. The van der Waals surface area contributed by atoms with Crippen LogP contribution in [0.15, 0.2) is 65.4 Å². The molecule has 0 atom stereocenters. The molecular formula is C15H10BrNS. The molecule has 0 N–H and O–H groups in total. The maximum Gasteiger partial charge on any atom is 0.0364 e. The first kappa shape index (κ1) is 11.6. The smallest absolute Gasteiger partial charge is 0.0364 e. The summed E-state index contributed by atoms with van der Waals surface area (Å²) in [5.41, 5.74) is 2.42. The van der Waals surface area contributed by atoms with E-state index in [9.17, 15) is 0 Å². The molecule has 0 bridgehead atoms. The van der Waals surface area contributed by atoms with Crippen LogP contribution >= 0.6 is 27.3 Å². The van der Waals surface area contributed by atoms with Gasteiger partial charge >= 0.3 is 0 Å². The van der Waals surface area contributed by atoms with Crippen molar-refractivity contribution >= 4 is 27.3 Å². The van der Waals surface area contributed by atoms with E-state index in [1.807, 2.05) is 12.3 Å². The van der Waals surface area contributed by atoms with Gasteiger partial charge in [0.2, 0.25) is 0 Å². The Morgan fingerprint density at radius 2 is 1.56 bits per heavy atom. The number of nitrogens with zero attached hydrogens (tertiary/aromatic N) is 1. The zero-order valence-corrected chi connectivity index (χ0v) is 11.9. The van der Waals surface area contributed by atoms with Crippen LogP contribution in [0.3, 0.4) is 0 Å². The van der Waals surface area contributed by atoms with Gasteiger partial charge in [-0.2, -0.15) is 0 Å². The van der Waals surface area contributed by atoms with E-state index >= 15 is 0 Å². The van der Waals surface area contributed by atoms with Gasteiger partial charge in [0.25, 0.3) is 0 Å². The molecule has 0 aliphatic rings. The standard InChI is InChI=1S/C15H10BrNS/c16-13-5-3-11(4-6-13)14-7-8-15(18-14)12-2-1-9-17-10-12/h1-10H. The van der Waals surface area contributed by atoms with Crippen LogP contribution in [0.2, 0.25) is 0 Å². The summed E-state index contributed by atoms with van der Waals surface area (Å²) < 4.78 is 1.11. The van der Waals surface area contributed by atoms with Crippen molar-refractivity contribution in [1.82, 2.24) is 4.98 Å². The van der Waals surface area contributed by atoms with E-state index in [0.29, 0.717) is 0 Å². The molecule has 0 spiro atoms. The first-order chi connectivity index (χ1) is 8.83. The third-order valence-corrected chi connectivity index (χ3v) is 4.39. The lowest BCUT2D eigenvalue weighted by Crippen LogP contribution is -1.72. The molecule has 1 aromatic carbocycles. The summed E-state index contributed by atoms with van der Waals surface area (Å²) in [6.07, 6.45) is 3.70. The maximum atomic E-state index is 4.16. The zero-order chi connectivity index (χ0) is 12.4. The van der Waals surface area contributed by atoms with Gasteiger partial charge in [-0.05, 0) is 35.9 Å². The van der Waals surface area contributed by atoms with Crippen LogP contribution in [0.4, 0.5) is 0 Å². The summed E-state index contributed by atoms with van der Waals surface area (Å²) in [7, 11) is 0. The molecule has 0 unspecified atom stereocenters. The fraction of sp³-hybridized carbons (Fsp3) is 0. The molecule has 3 rings (SSSR count). The third-order valence-electron chi connectivity index (χ3n) is 2.68. The van der Waals surface area contributed by atoms with Gasteiger partial charge in [0, 0.05) is 32.2 Å². The molecule has 0 radical (unpaired) electrons. The number of pyridine rings is 1. The number of rotatable bonds is 2. The van der Waals surface area contributed by atoms with Crippen molar-refractivity contribution in [3.63, 3.8) is 0 Å². The lowest BCUT2D eigenvalue weighted by Gasteiger charge is -1.97. The van der Waals surface area contributed by atoms with E-state index in [0.717, 1.165) is 4.47 Å². The van der Waals surface area contributed by atoms with Gasteiger partial charge in [0.05, 0.1) is 0 Å². The number of aromatic nitrogens is 1. The molecular weight excluding hydrogens is 306 g/mol. The van der Waals surface area contributed by atoms with Crippen LogP contribution in [0.5, 0.6) is 0 Å². The van der Waals surface area contributed by atoms with Gasteiger partial charge < -0.3 is 0 Å². The Morgan fingerprint density at radius 3 is 2.22 bits per heavy atom. The lowest BCUT2D eigenvalue weighted by atomic mass is 10.2. The van der Waals surface area contributed by atoms with Gasteiger partial charge in [-0.1, -0.05) is 34.1 Å². The minimum absolute atomic E-state index is 1.11. The van der Waals surface area contributed by atoms with E-state index in [1.165, 1.54) is 20.9 Å². The van der Waals surface area contributed by atoms with Crippen LogP contribution in [0.25, 0.3) is 20.9 Å². The second-order valence-corrected chi connectivity index (χ2v) is 5.91. The van der Waals surface area contributed by atoms with Crippen molar-refractivity contribution in [1.29, 1.82) is 0 Å². The normalized spacial score (nSPS) is 10.5. The number of hydrogen-bond donors (Lipinski definition) is 0. The number of halogens is 1. The number of hydrogen-bond acceptors (Lipinski definition) is 2. The minimum atomic E-state index is 1.11. The molecule has 0 saturated carbocycles. The predicted octanol–water partition coefficient (Wildman–Crippen LogP) is 5.24. The predicted molar refractivity (Wildman–Crippen MR) is 80.7 cm³/mol. The number of thiophene rings is 1. The summed E-state index contributed by atoms with van der Waals surface area (Å²) in [5.74, 6) is 0. The Labute approximate surface area is 118 Å². The summed E-state index contributed by atoms with van der Waals surface area (Å²) >= 11 is 5.24. The van der Waals surface area contributed by atoms with Crippen LogP contribution < -0.4 is 0 Å². The molecule has 3 heteroatoms. The van der Waals surface area contributed by atoms with E-state index in [4.69, 9.17) is 0 Å². The second-order valence-electron chi connectivity index (χ2n) is 3.91. The topological polar surface area (TPSA) is 12.9 Å². The summed E-state index contributed by atoms with van der Waals surface area (Å²) in [6.45, 7) is 0. The molecule has 0 fully saturated rings. The van der Waals surface area contributed by atoms with Gasteiger partial charge in [0.15, 0.2) is 0 Å². The summed E-state index contributed by atoms with van der Waals surface area (Å²) in [4.78, 5) is 6.69. The molecule has 18 heavy (non-hydrogen) atoms. The van der Waals surface area contributed by atoms with Crippen molar-refractivity contribution in [3.05, 3.63) is 65.4 Å². The molecule has 0 aliphatic carbocycles. The Bertz CT molecular complexity index is 644. The van der Waals surface area contributed by atoms with Crippen LogP contribution in [-0.2, 0) is 0 Å². The molecule has 2 aromatic heterocycles. The highest BCUT2D eigenvalue weighted by Gasteiger charge is 2.04. The van der Waals surface area contributed by atoms with Crippen LogP contribution in [0.1, 0.15) is 0 Å². The lowest BCUT2D eigenvalue weighted by molar-refractivity contribution is 1.33. The average molecular weight is 316 g/mol.